The molecule has 0 aliphatic rings. The fourth-order valence-electron chi connectivity index (χ4n) is 3.81. The Balaban J connectivity index is 1.60. The molecule has 0 amide bonds. The van der Waals surface area contributed by atoms with Crippen LogP contribution in [0.5, 0.6) is 0 Å². The fraction of sp³-hybridized carbons (Fsp3) is 0.160. The van der Waals surface area contributed by atoms with Crippen molar-refractivity contribution in [3.05, 3.63) is 94.8 Å². The Morgan fingerprint density at radius 2 is 1.69 bits per heavy atom. The number of halogens is 4. The molecular formula is C25H21ClF3N3O2S. The number of alkyl halides is 3. The molecule has 1 heterocycles. The Morgan fingerprint density at radius 1 is 1.00 bits per heavy atom. The van der Waals surface area contributed by atoms with E-state index in [0.717, 1.165) is 17.2 Å². The summed E-state index contributed by atoms with van der Waals surface area (Å²) in [6, 6.07) is 19.8. The first-order valence-electron chi connectivity index (χ1n) is 10.5. The molecule has 0 radical (unpaired) electrons. The molecule has 4 rings (SSSR count). The lowest BCUT2D eigenvalue weighted by molar-refractivity contribution is -0.141. The van der Waals surface area contributed by atoms with Crippen LogP contribution in [-0.2, 0) is 22.6 Å². The standard InChI is InChI=1S/C25H21ClF3N3O2S/c1-16-20(6-5-9-23(16)35(2,33)34)17-10-12-18(13-11-17)30-15-19-14-24(25(27,28)29)31-32(19)22-8-4-3-7-21(22)26/h3-14,30H,15H2,1-2H3. The zero-order valence-electron chi connectivity index (χ0n) is 18.8. The second kappa shape index (κ2) is 9.39. The van der Waals surface area contributed by atoms with Crippen LogP contribution in [0.1, 0.15) is 17.0 Å². The zero-order valence-corrected chi connectivity index (χ0v) is 20.3. The van der Waals surface area contributed by atoms with Gasteiger partial charge < -0.3 is 5.32 Å². The molecule has 4 aromatic rings. The van der Waals surface area contributed by atoms with E-state index in [1.807, 2.05) is 18.2 Å². The van der Waals surface area contributed by atoms with Crippen LogP contribution >= 0.6 is 11.6 Å². The summed E-state index contributed by atoms with van der Waals surface area (Å²) in [7, 11) is -3.36. The van der Waals surface area contributed by atoms with E-state index in [1.54, 1.807) is 55.5 Å². The van der Waals surface area contributed by atoms with Crippen LogP contribution in [0.2, 0.25) is 5.02 Å². The minimum Gasteiger partial charge on any atom is -0.379 e. The average molecular weight is 520 g/mol. The van der Waals surface area contributed by atoms with Gasteiger partial charge in [-0.2, -0.15) is 18.3 Å². The molecule has 5 nitrogen and oxygen atoms in total. The molecule has 1 N–H and O–H groups in total. The first-order valence-corrected chi connectivity index (χ1v) is 12.8. The molecule has 3 aromatic carbocycles. The van der Waals surface area contributed by atoms with Crippen molar-refractivity contribution in [2.24, 2.45) is 0 Å². The second-order valence-electron chi connectivity index (χ2n) is 8.01. The van der Waals surface area contributed by atoms with E-state index in [4.69, 9.17) is 11.6 Å². The van der Waals surface area contributed by atoms with Crippen LogP contribution in [-0.4, -0.2) is 24.5 Å². The van der Waals surface area contributed by atoms with Crippen LogP contribution in [0, 0.1) is 6.92 Å². The molecule has 0 bridgehead atoms. The van der Waals surface area contributed by atoms with E-state index in [2.05, 4.69) is 10.4 Å². The topological polar surface area (TPSA) is 64.0 Å². The van der Waals surface area contributed by atoms with Crippen molar-refractivity contribution in [3.63, 3.8) is 0 Å². The molecule has 10 heteroatoms. The predicted octanol–water partition coefficient (Wildman–Crippen LogP) is 6.54. The van der Waals surface area contributed by atoms with Gasteiger partial charge in [-0.15, -0.1) is 0 Å². The number of para-hydroxylation sites is 1. The molecule has 0 saturated carbocycles. The van der Waals surface area contributed by atoms with Gasteiger partial charge >= 0.3 is 6.18 Å². The van der Waals surface area contributed by atoms with Crippen LogP contribution in [0.4, 0.5) is 18.9 Å². The normalized spacial score (nSPS) is 12.1. The number of rotatable bonds is 6. The highest BCUT2D eigenvalue weighted by Gasteiger charge is 2.35. The highest BCUT2D eigenvalue weighted by Crippen LogP contribution is 2.32. The zero-order chi connectivity index (χ0) is 25.4. The minimum atomic E-state index is -4.60. The van der Waals surface area contributed by atoms with Gasteiger partial charge in [-0.25, -0.2) is 13.1 Å². The summed E-state index contributed by atoms with van der Waals surface area (Å²) in [5, 5.41) is 7.13. The summed E-state index contributed by atoms with van der Waals surface area (Å²) < 4.78 is 65.3. The van der Waals surface area contributed by atoms with Gasteiger partial charge in [-0.1, -0.05) is 48.0 Å². The Bertz CT molecular complexity index is 1480. The van der Waals surface area contributed by atoms with Crippen molar-refractivity contribution < 1.29 is 21.6 Å². The Labute approximate surface area is 206 Å². The number of anilines is 1. The van der Waals surface area contributed by atoms with Gasteiger partial charge in [-0.05, 0) is 60.0 Å². The molecule has 0 fully saturated rings. The van der Waals surface area contributed by atoms with Crippen molar-refractivity contribution in [3.8, 4) is 16.8 Å². The summed E-state index contributed by atoms with van der Waals surface area (Å²) >= 11 is 6.20. The lowest BCUT2D eigenvalue weighted by Crippen LogP contribution is -2.09. The third-order valence-electron chi connectivity index (χ3n) is 5.51. The summed E-state index contributed by atoms with van der Waals surface area (Å²) in [4.78, 5) is 0.269. The lowest BCUT2D eigenvalue weighted by atomic mass is 10.0. The lowest BCUT2D eigenvalue weighted by Gasteiger charge is -2.13. The molecule has 0 aliphatic carbocycles. The van der Waals surface area contributed by atoms with E-state index in [-0.39, 0.29) is 22.2 Å². The molecule has 35 heavy (non-hydrogen) atoms. The van der Waals surface area contributed by atoms with Gasteiger partial charge in [0.05, 0.1) is 27.8 Å². The highest BCUT2D eigenvalue weighted by molar-refractivity contribution is 7.90. The van der Waals surface area contributed by atoms with E-state index >= 15 is 0 Å². The molecular weight excluding hydrogens is 499 g/mol. The van der Waals surface area contributed by atoms with Crippen LogP contribution in [0.25, 0.3) is 16.8 Å². The second-order valence-corrected chi connectivity index (χ2v) is 10.4. The third-order valence-corrected chi connectivity index (χ3v) is 7.07. The number of aromatic nitrogens is 2. The van der Waals surface area contributed by atoms with Gasteiger partial charge in [0.25, 0.3) is 0 Å². The third kappa shape index (κ3) is 5.36. The fourth-order valence-corrected chi connectivity index (χ4v) is 5.01. The molecule has 1 aromatic heterocycles. The summed E-state index contributed by atoms with van der Waals surface area (Å²) in [5.41, 5.74) is 2.55. The Hall–Kier alpha value is -3.30. The quantitative estimate of drug-likeness (QED) is 0.314. The van der Waals surface area contributed by atoms with Gasteiger partial charge in [0.1, 0.15) is 0 Å². The SMILES string of the molecule is Cc1c(-c2ccc(NCc3cc(C(F)(F)F)nn3-c3ccccc3Cl)cc2)cccc1S(C)(=O)=O. The maximum Gasteiger partial charge on any atom is 0.435 e. The number of benzene rings is 3. The van der Waals surface area contributed by atoms with Gasteiger partial charge in [0, 0.05) is 11.9 Å². The van der Waals surface area contributed by atoms with Crippen molar-refractivity contribution in [1.82, 2.24) is 9.78 Å². The number of hydrogen-bond acceptors (Lipinski definition) is 4. The van der Waals surface area contributed by atoms with Crippen molar-refractivity contribution in [1.29, 1.82) is 0 Å². The van der Waals surface area contributed by atoms with Gasteiger partial charge in [0.15, 0.2) is 15.5 Å². The van der Waals surface area contributed by atoms with E-state index in [1.165, 1.54) is 10.9 Å². The maximum absolute atomic E-state index is 13.3. The largest absolute Gasteiger partial charge is 0.435 e. The molecule has 0 saturated heterocycles. The number of sulfone groups is 1. The summed E-state index contributed by atoms with van der Waals surface area (Å²) in [6.07, 6.45) is -3.43. The monoisotopic (exact) mass is 519 g/mol. The Morgan fingerprint density at radius 3 is 2.31 bits per heavy atom. The number of nitrogens with one attached hydrogen (secondary N) is 1. The maximum atomic E-state index is 13.3. The Kier molecular flexibility index (Phi) is 6.66. The molecule has 0 atom stereocenters. The minimum absolute atomic E-state index is 0.0657. The van der Waals surface area contributed by atoms with Crippen LogP contribution in [0.3, 0.4) is 0 Å². The predicted molar refractivity (Wildman–Crippen MR) is 131 cm³/mol. The van der Waals surface area contributed by atoms with Gasteiger partial charge in [0.2, 0.25) is 0 Å². The van der Waals surface area contributed by atoms with E-state index in [0.29, 0.717) is 16.9 Å². The highest BCUT2D eigenvalue weighted by atomic mass is 35.5. The average Bonchev–Trinajstić information content (AvgIpc) is 3.22. The van der Waals surface area contributed by atoms with Crippen molar-refractivity contribution in [2.45, 2.75) is 24.5 Å². The molecule has 182 valence electrons. The molecule has 0 aliphatic heterocycles. The van der Waals surface area contributed by atoms with Crippen molar-refractivity contribution in [2.75, 3.05) is 11.6 Å². The summed E-state index contributed by atoms with van der Waals surface area (Å²) in [6.45, 7) is 1.82. The van der Waals surface area contributed by atoms with Crippen molar-refractivity contribution >= 4 is 27.1 Å². The van der Waals surface area contributed by atoms with Crippen LogP contribution < -0.4 is 5.32 Å². The first-order chi connectivity index (χ1) is 16.4. The number of nitrogens with zero attached hydrogens (tertiary/aromatic N) is 2. The van der Waals surface area contributed by atoms with Gasteiger partial charge in [-0.3, -0.25) is 0 Å². The summed E-state index contributed by atoms with van der Waals surface area (Å²) in [5.74, 6) is 0. The van der Waals surface area contributed by atoms with E-state index < -0.39 is 21.7 Å². The van der Waals surface area contributed by atoms with Crippen LogP contribution in [0.15, 0.2) is 77.7 Å². The first kappa shape index (κ1) is 24.8. The smallest absolute Gasteiger partial charge is 0.379 e. The van der Waals surface area contributed by atoms with E-state index in [9.17, 15) is 21.6 Å². The molecule has 0 spiro atoms. The number of hydrogen-bond donors (Lipinski definition) is 1. The molecule has 0 unspecified atom stereocenters.